The summed E-state index contributed by atoms with van der Waals surface area (Å²) in [6.45, 7) is 17.0. The number of carbonyl (C=O) groups excluding carboxylic acids is 1. The number of nitrogens with zero attached hydrogens (tertiary/aromatic N) is 13. The summed E-state index contributed by atoms with van der Waals surface area (Å²) in [4.78, 5) is 38.3. The molecular formula is C91H95B2Br3F9N13O11S. The molecule has 7 aromatic heterocycles. The molecule has 10 heterocycles. The smallest absolute Gasteiger partial charge is 0.478 e. The number of methoxy groups -OCH3 is 1. The van der Waals surface area contributed by atoms with Crippen molar-refractivity contribution in [1.29, 1.82) is 0 Å². The zero-order valence-electron chi connectivity index (χ0n) is 73.4. The first-order valence-corrected chi connectivity index (χ1v) is 44.1. The third-order valence-electron chi connectivity index (χ3n) is 21.1. The van der Waals surface area contributed by atoms with Crippen molar-refractivity contribution in [2.75, 3.05) is 20.2 Å². The van der Waals surface area contributed by atoms with Gasteiger partial charge < -0.3 is 33.4 Å². The van der Waals surface area contributed by atoms with Gasteiger partial charge in [-0.15, -0.1) is 0 Å². The minimum absolute atomic E-state index is 0.0108. The van der Waals surface area contributed by atoms with Crippen LogP contribution in [0.2, 0.25) is 0 Å². The summed E-state index contributed by atoms with van der Waals surface area (Å²) in [5, 5.41) is 42.2. The molecule has 1 fully saturated rings. The van der Waals surface area contributed by atoms with Gasteiger partial charge in [-0.05, 0) is 259 Å². The number of carboxylic acids is 1. The van der Waals surface area contributed by atoms with Crippen LogP contribution in [-0.4, -0.2) is 174 Å². The van der Waals surface area contributed by atoms with E-state index in [0.29, 0.717) is 11.9 Å². The van der Waals surface area contributed by atoms with Gasteiger partial charge in [0, 0.05) is 163 Å². The molecule has 15 rings (SSSR count). The lowest BCUT2D eigenvalue weighted by atomic mass is 9.80. The maximum atomic E-state index is 15.6. The third-order valence-corrected chi connectivity index (χ3v) is 23.5. The summed E-state index contributed by atoms with van der Waals surface area (Å²) < 4.78 is 183. The molecule has 5 aromatic carbocycles. The second kappa shape index (κ2) is 42.6. The highest BCUT2D eigenvalue weighted by molar-refractivity contribution is 9.11. The van der Waals surface area contributed by atoms with Crippen LogP contribution >= 0.6 is 47.8 Å². The van der Waals surface area contributed by atoms with Gasteiger partial charge in [-0.1, -0.05) is 54.6 Å². The van der Waals surface area contributed by atoms with Crippen LogP contribution in [-0.2, 0) is 74.8 Å². The number of aliphatic carboxylic acids is 1. The maximum absolute atomic E-state index is 15.6. The number of alkyl halides is 5. The van der Waals surface area contributed by atoms with Crippen LogP contribution in [0.1, 0.15) is 126 Å². The fraction of sp³-hybridized carbons (Fsp3) is 0.308. The van der Waals surface area contributed by atoms with Crippen molar-refractivity contribution in [3.05, 3.63) is 283 Å². The molecule has 3 N–H and O–H groups in total. The van der Waals surface area contributed by atoms with Gasteiger partial charge in [0.15, 0.2) is 0 Å². The molecule has 3 aliphatic heterocycles. The number of ether oxygens (including phenoxy) is 1. The highest BCUT2D eigenvalue weighted by Crippen LogP contribution is 2.46. The lowest BCUT2D eigenvalue weighted by molar-refractivity contribution is -0.135. The number of esters is 1. The molecule has 12 aromatic rings. The van der Waals surface area contributed by atoms with Gasteiger partial charge in [0.1, 0.15) is 45.0 Å². The largest absolute Gasteiger partial charge is 0.534 e. The quantitative estimate of drug-likeness (QED) is 0.0137. The predicted octanol–water partition coefficient (Wildman–Crippen LogP) is 17.4. The Morgan fingerprint density at radius 3 is 1.33 bits per heavy atom. The Labute approximate surface area is 773 Å². The van der Waals surface area contributed by atoms with Crippen LogP contribution in [0, 0.1) is 23.3 Å². The number of aromatic nitrogens is 11. The Balaban J connectivity index is 0.000000178. The van der Waals surface area contributed by atoms with Crippen molar-refractivity contribution in [1.82, 2.24) is 63.9 Å². The summed E-state index contributed by atoms with van der Waals surface area (Å²) in [6.07, 6.45) is 24.3. The number of carbonyl (C=O) groups is 2. The van der Waals surface area contributed by atoms with E-state index in [-0.39, 0.29) is 71.7 Å². The number of carboxylic acid groups (broad SMARTS) is 1. The minimum Gasteiger partial charge on any atom is -0.478 e. The van der Waals surface area contributed by atoms with Crippen LogP contribution in [0.3, 0.4) is 0 Å². The van der Waals surface area contributed by atoms with E-state index >= 15 is 17.6 Å². The van der Waals surface area contributed by atoms with Crippen molar-refractivity contribution in [3.8, 4) is 50.5 Å². The number of hydrogen-bond donors (Lipinski definition) is 3. The topological polar surface area (TPSA) is 282 Å². The molecule has 686 valence electrons. The van der Waals surface area contributed by atoms with Crippen LogP contribution in [0.15, 0.2) is 215 Å². The Kier molecular flexibility index (Phi) is 33.3. The monoisotopic (exact) mass is 2010 g/mol. The average Bonchev–Trinajstić information content (AvgIpc) is 0.802. The number of rotatable bonds is 18. The number of pyridine rings is 3. The molecular weight excluding hydrogens is 1920 g/mol. The van der Waals surface area contributed by atoms with Crippen molar-refractivity contribution in [2.45, 2.75) is 134 Å². The molecule has 4 unspecified atom stereocenters. The molecule has 0 bridgehead atoms. The summed E-state index contributed by atoms with van der Waals surface area (Å²) in [7, 11) is 0.786. The van der Waals surface area contributed by atoms with Crippen LogP contribution in [0.4, 0.5) is 39.5 Å². The van der Waals surface area contributed by atoms with Crippen LogP contribution < -0.4 is 15.1 Å². The SMILES string of the molecule is Brc1ccc(Br)nc1.CC1Cc2cc(-c3ccc(-c4cnn(C)c4)cc3)ccc2C(c2c(F)cc(/C=C/C(=O)O)cc2F)N1CC(C)(C)F.COC(=O)/C=C/c1cc(F)c(C2c3ccc(OS(=O)(=O)C(F)(F)F)cc3CC(C)N2CC(C)(C)F)c(F)c1.Cn1cc(-c2ccc(B3OC(C)(C)C(C)(C)O3)cn2)cn1.Cn1cc(-c2ccc(Br)cn2)cn1.Cn1cc(B(O)O)cn1. The first-order chi connectivity index (χ1) is 60.8. The Morgan fingerprint density at radius 2 is 0.954 bits per heavy atom. The summed E-state index contributed by atoms with van der Waals surface area (Å²) in [5.41, 5.74) is 1.20. The number of aryl methyl sites for hydroxylation is 4. The predicted molar refractivity (Wildman–Crippen MR) is 489 cm³/mol. The molecule has 24 nitrogen and oxygen atoms in total. The Hall–Kier alpha value is -10.7. The molecule has 130 heavy (non-hydrogen) atoms. The summed E-state index contributed by atoms with van der Waals surface area (Å²) >= 11 is 9.82. The number of halogens is 12. The highest BCUT2D eigenvalue weighted by atomic mass is 79.9. The molecule has 0 spiro atoms. The number of benzene rings is 5. The second-order valence-corrected chi connectivity index (χ2v) is 37.3. The lowest BCUT2D eigenvalue weighted by Crippen LogP contribution is -2.48. The van der Waals surface area contributed by atoms with Crippen molar-refractivity contribution in [2.24, 2.45) is 28.2 Å². The molecule has 3 aliphatic rings. The van der Waals surface area contributed by atoms with E-state index < -0.39 is 98.7 Å². The second-order valence-electron chi connectivity index (χ2n) is 33.1. The van der Waals surface area contributed by atoms with Gasteiger partial charge in [-0.3, -0.25) is 38.5 Å². The van der Waals surface area contributed by atoms with E-state index in [1.54, 1.807) is 59.0 Å². The average molecular weight is 2010 g/mol. The fourth-order valence-corrected chi connectivity index (χ4v) is 15.4. The molecule has 0 saturated carbocycles. The van der Waals surface area contributed by atoms with Crippen LogP contribution in [0.5, 0.6) is 5.75 Å². The number of hydrogen-bond acceptors (Lipinski definition) is 19. The van der Waals surface area contributed by atoms with Gasteiger partial charge in [-0.25, -0.2) is 40.9 Å². The summed E-state index contributed by atoms with van der Waals surface area (Å²) in [5.74, 6) is -6.23. The van der Waals surface area contributed by atoms with E-state index in [1.807, 2.05) is 164 Å². The Bertz CT molecular complexity index is 6030. The molecule has 0 aliphatic carbocycles. The fourth-order valence-electron chi connectivity index (χ4n) is 14.3. The minimum atomic E-state index is -5.94. The van der Waals surface area contributed by atoms with E-state index in [4.69, 9.17) is 24.5 Å². The number of fused-ring (bicyclic) bond motifs is 2. The highest BCUT2D eigenvalue weighted by Gasteiger charge is 2.52. The Morgan fingerprint density at radius 1 is 0.538 bits per heavy atom. The zero-order valence-corrected chi connectivity index (χ0v) is 78.9. The maximum Gasteiger partial charge on any atom is 0.534 e. The van der Waals surface area contributed by atoms with E-state index in [9.17, 15) is 40.0 Å². The molecule has 39 heteroatoms. The summed E-state index contributed by atoms with van der Waals surface area (Å²) in [6, 6.07) is 30.3. The van der Waals surface area contributed by atoms with E-state index in [2.05, 4.69) is 98.1 Å². The van der Waals surface area contributed by atoms with Crippen molar-refractivity contribution in [3.63, 3.8) is 0 Å². The first-order valence-electron chi connectivity index (χ1n) is 40.3. The lowest BCUT2D eigenvalue weighted by Gasteiger charge is -2.44. The molecule has 0 radical (unpaired) electrons. The molecule has 4 atom stereocenters. The van der Waals surface area contributed by atoms with E-state index in [0.717, 1.165) is 143 Å². The van der Waals surface area contributed by atoms with Gasteiger partial charge in [0.25, 0.3) is 0 Å². The van der Waals surface area contributed by atoms with Gasteiger partial charge in [-0.2, -0.15) is 42.0 Å². The first kappa shape index (κ1) is 101. The van der Waals surface area contributed by atoms with Gasteiger partial charge in [0.05, 0.1) is 60.4 Å². The molecule has 1 saturated heterocycles. The van der Waals surface area contributed by atoms with Gasteiger partial charge >= 0.3 is 41.8 Å². The van der Waals surface area contributed by atoms with Crippen molar-refractivity contribution >= 4 is 107 Å². The normalized spacial score (nSPS) is 16.6. The van der Waals surface area contributed by atoms with Gasteiger partial charge in [0.2, 0.25) is 0 Å². The third kappa shape index (κ3) is 27.0. The van der Waals surface area contributed by atoms with Crippen molar-refractivity contribution < 1.29 is 90.9 Å². The zero-order chi connectivity index (χ0) is 95.4. The molecule has 0 amide bonds. The van der Waals surface area contributed by atoms with E-state index in [1.165, 1.54) is 49.5 Å². The van der Waals surface area contributed by atoms with Crippen LogP contribution in [0.25, 0.3) is 56.9 Å². The standard InChI is InChI=1S/C33H32F3N3O2.C25H25F6NO5S.C15H20BN3O2.C9H8BrN3.C5H3Br2N.C4H7BN2O2/c1-20-13-25-16-24(22-6-8-23(9-7-22)26-17-37-38(4)18-26)10-11-27(25)32(39(20)19-33(2,3)36)31-28(34)14-21(15-29(31)35)5-12-30(40)41;1-14-9-16-12-17(37-38(34,35)25(29,30)31)6-7-18(16)23(32(14)13-24(2,3)28)22-19(26)10-15(11-20(22)27)5-8-21(33)36-4;1-14(2)15(3,4)21-16(20-14)12-6-7-13(17-9-12)11-8-18-19(5)10-11;1-13-6-7(4-12-13)9-3-2-8(10)5-11-9;6-4-1-2-5(7)8-3-4;1-7-3-4(2-6-7)5(8)9/h5-12,14-18,20,32H,13,19H2,1-4H3,(H,40,41);5-8,10-12,14,23H,9,13H2,1-4H3;6-10H,1-5H3;2-6H,1H3;1-3H;2-3,8-9H,1H3/b12-5+;8-5+;;;;.